The fraction of sp³-hybridized carbons (Fsp3) is 0.462. The molecule has 3 heterocycles. The van der Waals surface area contributed by atoms with Gasteiger partial charge in [-0.3, -0.25) is 23.6 Å². The summed E-state index contributed by atoms with van der Waals surface area (Å²) in [5.41, 5.74) is -0.0683. The van der Waals surface area contributed by atoms with Crippen molar-refractivity contribution in [2.45, 2.75) is 75.7 Å². The van der Waals surface area contributed by atoms with Gasteiger partial charge in [-0.05, 0) is 49.3 Å². The molecule has 4 rings (SSSR count). The van der Waals surface area contributed by atoms with E-state index >= 15 is 0 Å². The van der Waals surface area contributed by atoms with E-state index in [4.69, 9.17) is 4.74 Å². The van der Waals surface area contributed by atoms with Crippen molar-refractivity contribution in [3.05, 3.63) is 65.2 Å². The zero-order valence-electron chi connectivity index (χ0n) is 22.1. The number of ether oxygens (including phenoxy) is 1. The Hall–Kier alpha value is -3.20. The van der Waals surface area contributed by atoms with Gasteiger partial charge in [0, 0.05) is 31.5 Å². The third-order valence-corrected chi connectivity index (χ3v) is 8.79. The molecule has 2 atom stereocenters. The standard InChI is InChI=1S/C26H32F3N5O5S/c1-3-21-16-34(40(37,38)24-13-30-10-9-23(24)39-21)14-19-11-17(6-8-22(19)26(27,28)29)18(12-25(35)36)5-7-20-15-33(4-2)32-31-20/h6,8-11,13,15,18,21,37-38H,3-5,7,12,14,16H2,1-2H3,(H,35,36). The van der Waals surface area contributed by atoms with Crippen LogP contribution in [-0.2, 0) is 30.5 Å². The quantitative estimate of drug-likeness (QED) is 0.279. The lowest BCUT2D eigenvalue weighted by Crippen LogP contribution is -2.35. The predicted molar refractivity (Wildman–Crippen MR) is 141 cm³/mol. The number of carbonyl (C=O) groups is 1. The molecule has 2 aromatic heterocycles. The normalized spacial score (nSPS) is 18.8. The molecule has 10 nitrogen and oxygen atoms in total. The molecule has 0 bridgehead atoms. The highest BCUT2D eigenvalue weighted by molar-refractivity contribution is 8.22. The topological polar surface area (TPSA) is 134 Å². The maximum atomic E-state index is 14.1. The molecule has 1 aromatic carbocycles. The van der Waals surface area contributed by atoms with Crippen LogP contribution in [-0.4, -0.2) is 57.1 Å². The van der Waals surface area contributed by atoms with Crippen LogP contribution in [0.1, 0.15) is 61.4 Å². The molecule has 1 aliphatic heterocycles. The third kappa shape index (κ3) is 6.74. The zero-order valence-corrected chi connectivity index (χ0v) is 22.9. The largest absolute Gasteiger partial charge is 0.487 e. The molecule has 3 N–H and O–H groups in total. The molecule has 0 fully saturated rings. The van der Waals surface area contributed by atoms with Crippen LogP contribution in [0.3, 0.4) is 0 Å². The van der Waals surface area contributed by atoms with Gasteiger partial charge in [0.15, 0.2) is 0 Å². The van der Waals surface area contributed by atoms with Crippen LogP contribution in [0, 0.1) is 0 Å². The van der Waals surface area contributed by atoms with Gasteiger partial charge in [-0.25, -0.2) is 0 Å². The van der Waals surface area contributed by atoms with E-state index in [0.29, 0.717) is 37.1 Å². The van der Waals surface area contributed by atoms with Crippen LogP contribution in [0.2, 0.25) is 0 Å². The molecular formula is C26H32F3N5O5S. The smallest absolute Gasteiger partial charge is 0.416 e. The molecule has 0 spiro atoms. The number of hydrogen-bond donors (Lipinski definition) is 3. The number of halogens is 3. The Bertz CT molecular complexity index is 1340. The molecule has 1 aliphatic rings. The van der Waals surface area contributed by atoms with Gasteiger partial charge in [-0.1, -0.05) is 24.3 Å². The fourth-order valence-electron chi connectivity index (χ4n) is 4.72. The van der Waals surface area contributed by atoms with Crippen molar-refractivity contribution in [2.75, 3.05) is 6.54 Å². The van der Waals surface area contributed by atoms with Crippen LogP contribution < -0.4 is 4.74 Å². The Morgan fingerprint density at radius 2 is 2.02 bits per heavy atom. The maximum Gasteiger partial charge on any atom is 0.416 e. The first-order valence-electron chi connectivity index (χ1n) is 12.9. The van der Waals surface area contributed by atoms with Crippen molar-refractivity contribution >= 4 is 16.7 Å². The summed E-state index contributed by atoms with van der Waals surface area (Å²) >= 11 is 0. The van der Waals surface area contributed by atoms with Gasteiger partial charge in [0.25, 0.3) is 0 Å². The first-order valence-corrected chi connectivity index (χ1v) is 14.4. The highest BCUT2D eigenvalue weighted by Crippen LogP contribution is 2.57. The molecule has 0 saturated heterocycles. The lowest BCUT2D eigenvalue weighted by atomic mass is 9.88. The van der Waals surface area contributed by atoms with E-state index in [1.165, 1.54) is 34.9 Å². The molecule has 3 aromatic rings. The second-order valence-corrected chi connectivity index (χ2v) is 11.6. The van der Waals surface area contributed by atoms with Gasteiger partial charge in [0.05, 0.1) is 30.4 Å². The molecule has 0 saturated carbocycles. The fourth-order valence-corrected chi connectivity index (χ4v) is 6.28. The first kappa shape index (κ1) is 29.8. The van der Waals surface area contributed by atoms with Crippen molar-refractivity contribution in [3.63, 3.8) is 0 Å². The summed E-state index contributed by atoms with van der Waals surface area (Å²) < 4.78 is 73.6. The minimum absolute atomic E-state index is 0.000423. The summed E-state index contributed by atoms with van der Waals surface area (Å²) in [7, 11) is -3.75. The molecule has 14 heteroatoms. The molecule has 2 unspecified atom stereocenters. The molecule has 0 aliphatic carbocycles. The summed E-state index contributed by atoms with van der Waals surface area (Å²) in [6, 6.07) is 5.04. The number of aliphatic carboxylic acids is 1. The van der Waals surface area contributed by atoms with Crippen LogP contribution in [0.5, 0.6) is 5.75 Å². The molecular weight excluding hydrogens is 551 g/mol. The average molecular weight is 584 g/mol. The molecule has 218 valence electrons. The Morgan fingerprint density at radius 1 is 1.25 bits per heavy atom. The van der Waals surface area contributed by atoms with Gasteiger partial charge in [-0.15, -0.1) is 15.9 Å². The SMILES string of the molecule is CCC1CN(Cc2cc(C(CCc3cn(CC)nn3)CC(=O)O)ccc2C(F)(F)F)S(O)(O)c2cnccc2O1. The molecule has 0 amide bonds. The lowest BCUT2D eigenvalue weighted by Gasteiger charge is -2.41. The number of nitrogens with zero attached hydrogens (tertiary/aromatic N) is 5. The maximum absolute atomic E-state index is 14.1. The summed E-state index contributed by atoms with van der Waals surface area (Å²) in [6.45, 7) is 3.86. The number of benzene rings is 1. The third-order valence-electron chi connectivity index (χ3n) is 6.89. The number of fused-ring (bicyclic) bond motifs is 1. The number of carboxylic acid groups (broad SMARTS) is 1. The average Bonchev–Trinajstić information content (AvgIpc) is 3.33. The van der Waals surface area contributed by atoms with Gasteiger partial charge in [0.1, 0.15) is 16.7 Å². The zero-order chi connectivity index (χ0) is 29.1. The number of aryl methyl sites for hydroxylation is 2. The number of alkyl halides is 3. The monoisotopic (exact) mass is 583 g/mol. The van der Waals surface area contributed by atoms with Crippen LogP contribution in [0.4, 0.5) is 13.2 Å². The molecule has 0 radical (unpaired) electrons. The van der Waals surface area contributed by atoms with Crippen LogP contribution in [0.25, 0.3) is 0 Å². The van der Waals surface area contributed by atoms with Crippen molar-refractivity contribution in [2.24, 2.45) is 0 Å². The van der Waals surface area contributed by atoms with Gasteiger partial charge < -0.3 is 9.84 Å². The number of carboxylic acids is 1. The highest BCUT2D eigenvalue weighted by Gasteiger charge is 2.39. The second kappa shape index (κ2) is 12.1. The van der Waals surface area contributed by atoms with Gasteiger partial charge >= 0.3 is 12.1 Å². The van der Waals surface area contributed by atoms with E-state index in [-0.39, 0.29) is 29.2 Å². The van der Waals surface area contributed by atoms with Crippen LogP contribution >= 0.6 is 10.8 Å². The molecule has 40 heavy (non-hydrogen) atoms. The van der Waals surface area contributed by atoms with Crippen molar-refractivity contribution < 1.29 is 36.9 Å². The summed E-state index contributed by atoms with van der Waals surface area (Å²) in [4.78, 5) is 15.6. The Labute approximate surface area is 231 Å². The van der Waals surface area contributed by atoms with Gasteiger partial charge in [-0.2, -0.15) is 17.5 Å². The summed E-state index contributed by atoms with van der Waals surface area (Å²) in [5, 5.41) is 17.6. The van der Waals surface area contributed by atoms with E-state index < -0.39 is 47.1 Å². The number of aromatic nitrogens is 4. The Morgan fingerprint density at radius 3 is 2.67 bits per heavy atom. The lowest BCUT2D eigenvalue weighted by molar-refractivity contribution is -0.139. The minimum Gasteiger partial charge on any atom is -0.487 e. The second-order valence-electron chi connectivity index (χ2n) is 9.63. The van der Waals surface area contributed by atoms with Crippen molar-refractivity contribution in [1.82, 2.24) is 24.3 Å². The predicted octanol–water partition coefficient (Wildman–Crippen LogP) is 5.60. The summed E-state index contributed by atoms with van der Waals surface area (Å²) in [5.74, 6) is -1.47. The summed E-state index contributed by atoms with van der Waals surface area (Å²) in [6.07, 6.45) is 0.0944. The van der Waals surface area contributed by atoms with Crippen LogP contribution in [0.15, 0.2) is 47.8 Å². The first-order chi connectivity index (χ1) is 18.9. The van der Waals surface area contributed by atoms with E-state index in [1.807, 2.05) is 13.8 Å². The van der Waals surface area contributed by atoms with Gasteiger partial charge in [0.2, 0.25) is 0 Å². The Balaban J connectivity index is 1.70. The van der Waals surface area contributed by atoms with E-state index in [2.05, 4.69) is 15.3 Å². The number of hydrogen-bond acceptors (Lipinski definition) is 8. The Kier molecular flexibility index (Phi) is 9.02. The minimum atomic E-state index is -4.72. The van der Waals surface area contributed by atoms with E-state index in [0.717, 1.165) is 6.07 Å². The number of rotatable bonds is 10. The number of pyridine rings is 1. The van der Waals surface area contributed by atoms with E-state index in [1.54, 1.807) is 10.9 Å². The van der Waals surface area contributed by atoms with Crippen molar-refractivity contribution in [3.8, 4) is 5.75 Å². The highest BCUT2D eigenvalue weighted by atomic mass is 32.3. The van der Waals surface area contributed by atoms with Crippen molar-refractivity contribution in [1.29, 1.82) is 0 Å². The van der Waals surface area contributed by atoms with E-state index in [9.17, 15) is 32.2 Å².